The highest BCUT2D eigenvalue weighted by molar-refractivity contribution is 5.16. The predicted molar refractivity (Wildman–Crippen MR) is 107 cm³/mol. The van der Waals surface area contributed by atoms with Gasteiger partial charge in [-0.1, -0.05) is 35.5 Å². The van der Waals surface area contributed by atoms with Gasteiger partial charge in [-0.3, -0.25) is 9.58 Å². The molecule has 2 aromatic heterocycles. The zero-order valence-corrected chi connectivity index (χ0v) is 16.7. The molecular formula is C21H28N6O. The number of ether oxygens (including phenoxy) is 1. The second kappa shape index (κ2) is 8.67. The van der Waals surface area contributed by atoms with Gasteiger partial charge in [0.25, 0.3) is 0 Å². The second-order valence-corrected chi connectivity index (χ2v) is 7.42. The molecular weight excluding hydrogens is 352 g/mol. The van der Waals surface area contributed by atoms with Gasteiger partial charge in [0.05, 0.1) is 31.6 Å². The molecule has 1 aromatic carbocycles. The van der Waals surface area contributed by atoms with Crippen molar-refractivity contribution in [2.75, 3.05) is 13.1 Å². The van der Waals surface area contributed by atoms with Gasteiger partial charge in [-0.05, 0) is 25.8 Å². The van der Waals surface area contributed by atoms with E-state index in [9.17, 15) is 0 Å². The number of hydrogen-bond acceptors (Lipinski definition) is 5. The van der Waals surface area contributed by atoms with Gasteiger partial charge in [0.1, 0.15) is 5.69 Å². The van der Waals surface area contributed by atoms with Crippen molar-refractivity contribution in [2.45, 2.75) is 52.6 Å². The number of hydrogen-bond donors (Lipinski definition) is 0. The van der Waals surface area contributed by atoms with E-state index in [0.29, 0.717) is 19.3 Å². The zero-order valence-electron chi connectivity index (χ0n) is 16.7. The lowest BCUT2D eigenvalue weighted by atomic mass is 10.2. The van der Waals surface area contributed by atoms with Crippen LogP contribution in [0.15, 0.2) is 42.7 Å². The van der Waals surface area contributed by atoms with Crippen molar-refractivity contribution in [1.29, 1.82) is 0 Å². The minimum absolute atomic E-state index is 0.372. The molecule has 1 unspecified atom stereocenters. The van der Waals surface area contributed by atoms with Crippen LogP contribution in [-0.2, 0) is 31.0 Å². The van der Waals surface area contributed by atoms with Gasteiger partial charge in [0, 0.05) is 37.4 Å². The van der Waals surface area contributed by atoms with Crippen molar-refractivity contribution in [2.24, 2.45) is 0 Å². The Morgan fingerprint density at radius 1 is 1.18 bits per heavy atom. The molecule has 0 N–H and O–H groups in total. The fourth-order valence-corrected chi connectivity index (χ4v) is 3.78. The minimum Gasteiger partial charge on any atom is -0.370 e. The Morgan fingerprint density at radius 3 is 2.82 bits per heavy atom. The number of benzene rings is 1. The highest BCUT2D eigenvalue weighted by atomic mass is 16.5. The molecule has 3 aromatic rings. The molecule has 0 radical (unpaired) electrons. The summed E-state index contributed by atoms with van der Waals surface area (Å²) in [6.45, 7) is 9.29. The van der Waals surface area contributed by atoms with Gasteiger partial charge in [-0.15, -0.1) is 5.10 Å². The fraction of sp³-hybridized carbons (Fsp3) is 0.476. The fourth-order valence-electron chi connectivity index (χ4n) is 3.78. The van der Waals surface area contributed by atoms with Gasteiger partial charge < -0.3 is 4.74 Å². The van der Waals surface area contributed by atoms with E-state index in [-0.39, 0.29) is 0 Å². The van der Waals surface area contributed by atoms with Crippen molar-refractivity contribution in [3.63, 3.8) is 0 Å². The maximum Gasteiger partial charge on any atom is 0.108 e. The van der Waals surface area contributed by atoms with Gasteiger partial charge in [-0.2, -0.15) is 5.10 Å². The third-order valence-electron chi connectivity index (χ3n) is 5.44. The van der Waals surface area contributed by atoms with E-state index in [0.717, 1.165) is 38.3 Å². The normalized spacial score (nSPS) is 17.4. The van der Waals surface area contributed by atoms with Crippen LogP contribution >= 0.6 is 0 Å². The summed E-state index contributed by atoms with van der Waals surface area (Å²) in [6.07, 6.45) is 5.12. The van der Waals surface area contributed by atoms with Gasteiger partial charge in [0.2, 0.25) is 0 Å². The molecule has 7 nitrogen and oxygen atoms in total. The monoisotopic (exact) mass is 380 g/mol. The molecule has 7 heteroatoms. The molecule has 1 aliphatic heterocycles. The molecule has 148 valence electrons. The topological polar surface area (TPSA) is 61.0 Å². The first-order valence-electron chi connectivity index (χ1n) is 9.99. The summed E-state index contributed by atoms with van der Waals surface area (Å²) in [4.78, 5) is 2.47. The summed E-state index contributed by atoms with van der Waals surface area (Å²) in [6, 6.07) is 10.6. The van der Waals surface area contributed by atoms with Crippen molar-refractivity contribution in [3.05, 3.63) is 65.2 Å². The summed E-state index contributed by atoms with van der Waals surface area (Å²) < 4.78 is 9.83. The summed E-state index contributed by atoms with van der Waals surface area (Å²) in [5, 5.41) is 13.1. The highest BCUT2D eigenvalue weighted by Crippen LogP contribution is 2.23. The smallest absolute Gasteiger partial charge is 0.108 e. The largest absolute Gasteiger partial charge is 0.370 e. The molecule has 0 saturated carbocycles. The first kappa shape index (κ1) is 18.8. The maximum absolute atomic E-state index is 5.77. The summed E-state index contributed by atoms with van der Waals surface area (Å²) >= 11 is 0. The van der Waals surface area contributed by atoms with E-state index in [4.69, 9.17) is 4.74 Å². The SMILES string of the molecule is CCn1ncc(CN2CCC(n3cc(COCc4ccccc4)nn3)C2)c1C. The molecule has 28 heavy (non-hydrogen) atoms. The lowest BCUT2D eigenvalue weighted by Crippen LogP contribution is -2.21. The van der Waals surface area contributed by atoms with Crippen LogP contribution in [-0.4, -0.2) is 42.8 Å². The number of aryl methyl sites for hydroxylation is 1. The summed E-state index contributed by atoms with van der Waals surface area (Å²) in [5.41, 5.74) is 4.64. The highest BCUT2D eigenvalue weighted by Gasteiger charge is 2.25. The number of nitrogens with zero attached hydrogens (tertiary/aromatic N) is 6. The first-order chi connectivity index (χ1) is 13.7. The minimum atomic E-state index is 0.372. The average molecular weight is 380 g/mol. The Hall–Kier alpha value is -2.51. The molecule has 1 atom stereocenters. The molecule has 0 amide bonds. The lowest BCUT2D eigenvalue weighted by molar-refractivity contribution is 0.104. The van der Waals surface area contributed by atoms with Crippen LogP contribution in [0.3, 0.4) is 0 Å². The van der Waals surface area contributed by atoms with Crippen LogP contribution < -0.4 is 0 Å². The van der Waals surface area contributed by atoms with Crippen LogP contribution in [0.5, 0.6) is 0 Å². The Morgan fingerprint density at radius 2 is 2.04 bits per heavy atom. The Kier molecular flexibility index (Phi) is 5.83. The van der Waals surface area contributed by atoms with Crippen LogP contribution in [0.2, 0.25) is 0 Å². The van der Waals surface area contributed by atoms with Crippen LogP contribution in [0.25, 0.3) is 0 Å². The molecule has 0 bridgehead atoms. The van der Waals surface area contributed by atoms with E-state index >= 15 is 0 Å². The average Bonchev–Trinajstić information content (AvgIpc) is 3.44. The number of likely N-dealkylation sites (tertiary alicyclic amines) is 1. The Bertz CT molecular complexity index is 887. The molecule has 1 fully saturated rings. The van der Waals surface area contributed by atoms with Crippen LogP contribution in [0.1, 0.15) is 41.9 Å². The first-order valence-corrected chi connectivity index (χ1v) is 9.99. The molecule has 1 aliphatic rings. The van der Waals surface area contributed by atoms with Crippen molar-refractivity contribution < 1.29 is 4.74 Å². The molecule has 0 aliphatic carbocycles. The summed E-state index contributed by atoms with van der Waals surface area (Å²) in [7, 11) is 0. The third-order valence-corrected chi connectivity index (χ3v) is 5.44. The van der Waals surface area contributed by atoms with E-state index in [1.807, 2.05) is 35.3 Å². The van der Waals surface area contributed by atoms with E-state index in [2.05, 4.69) is 51.0 Å². The van der Waals surface area contributed by atoms with Crippen molar-refractivity contribution in [3.8, 4) is 0 Å². The maximum atomic E-state index is 5.77. The van der Waals surface area contributed by atoms with Gasteiger partial charge >= 0.3 is 0 Å². The zero-order chi connectivity index (χ0) is 19.3. The van der Waals surface area contributed by atoms with Crippen molar-refractivity contribution >= 4 is 0 Å². The van der Waals surface area contributed by atoms with Gasteiger partial charge in [0.15, 0.2) is 0 Å². The standard InChI is InChI=1S/C21H28N6O/c1-3-26-17(2)19(11-22-26)12-25-10-9-21(14-25)27-13-20(23-24-27)16-28-15-18-7-5-4-6-8-18/h4-8,11,13,21H,3,9-10,12,14-16H2,1-2H3. The molecule has 4 rings (SSSR count). The van der Waals surface area contributed by atoms with E-state index in [1.165, 1.54) is 16.8 Å². The molecule has 1 saturated heterocycles. The van der Waals surface area contributed by atoms with Gasteiger partial charge in [-0.25, -0.2) is 4.68 Å². The lowest BCUT2D eigenvalue weighted by Gasteiger charge is -2.15. The van der Waals surface area contributed by atoms with E-state index in [1.54, 1.807) is 0 Å². The van der Waals surface area contributed by atoms with Crippen molar-refractivity contribution in [1.82, 2.24) is 29.7 Å². The quantitative estimate of drug-likeness (QED) is 0.601. The number of aromatic nitrogens is 5. The predicted octanol–water partition coefficient (Wildman–Crippen LogP) is 2.97. The molecule has 3 heterocycles. The number of rotatable bonds is 8. The molecule has 0 spiro atoms. The Labute approximate surface area is 165 Å². The van der Waals surface area contributed by atoms with Crippen LogP contribution in [0.4, 0.5) is 0 Å². The van der Waals surface area contributed by atoms with E-state index < -0.39 is 0 Å². The second-order valence-electron chi connectivity index (χ2n) is 7.42. The van der Waals surface area contributed by atoms with Crippen LogP contribution in [0, 0.1) is 6.92 Å². The Balaban J connectivity index is 1.28. The third kappa shape index (κ3) is 4.31. The summed E-state index contributed by atoms with van der Waals surface area (Å²) in [5.74, 6) is 0.